The van der Waals surface area contributed by atoms with Crippen molar-refractivity contribution in [3.05, 3.63) is 133 Å². The second kappa shape index (κ2) is 7.93. The van der Waals surface area contributed by atoms with Crippen LogP contribution in [0.4, 0.5) is 0 Å². The van der Waals surface area contributed by atoms with Crippen molar-refractivity contribution in [1.82, 2.24) is 19.6 Å². The Morgan fingerprint density at radius 3 is 1.93 bits per heavy atom. The van der Waals surface area contributed by atoms with Gasteiger partial charge in [0.05, 0.1) is 22.4 Å². The number of hydrogen-bond donors (Lipinski definition) is 0. The number of para-hydroxylation sites is 1. The van der Waals surface area contributed by atoms with Crippen molar-refractivity contribution in [3.8, 4) is 33.6 Å². The molecule has 194 valence electrons. The fraction of sp³-hybridized carbons (Fsp3) is 0. The summed E-state index contributed by atoms with van der Waals surface area (Å²) >= 11 is 0. The summed E-state index contributed by atoms with van der Waals surface area (Å²) in [6.45, 7) is 0. The largest absolute Gasteiger partial charge is 0.307 e. The van der Waals surface area contributed by atoms with Gasteiger partial charge in [-0.05, 0) is 68.7 Å². The maximum absolute atomic E-state index is 5.14. The fourth-order valence-corrected chi connectivity index (χ4v) is 7.15. The van der Waals surface area contributed by atoms with Gasteiger partial charge in [0, 0.05) is 16.2 Å². The van der Waals surface area contributed by atoms with Crippen LogP contribution in [-0.4, -0.2) is 19.6 Å². The van der Waals surface area contributed by atoms with Gasteiger partial charge in [0.15, 0.2) is 0 Å². The van der Waals surface area contributed by atoms with Gasteiger partial charge in [-0.15, -0.1) is 10.2 Å². The predicted molar refractivity (Wildman–Crippen MR) is 173 cm³/mol. The SMILES string of the molecule is c1ccc(-n2nc3c(-n4c5cccc6c5c5c7c(cccc7ccc54)-c4ccccc4-6)cc4ccccc4c3n2)cc1. The van der Waals surface area contributed by atoms with Gasteiger partial charge >= 0.3 is 0 Å². The molecular formula is C38H22N4. The summed E-state index contributed by atoms with van der Waals surface area (Å²) in [6, 6.07) is 47.7. The summed E-state index contributed by atoms with van der Waals surface area (Å²) < 4.78 is 2.41. The molecule has 4 nitrogen and oxygen atoms in total. The highest BCUT2D eigenvalue weighted by molar-refractivity contribution is 6.30. The third kappa shape index (κ3) is 2.76. The lowest BCUT2D eigenvalue weighted by molar-refractivity contribution is 0.765. The van der Waals surface area contributed by atoms with E-state index in [0.717, 1.165) is 33.2 Å². The second-order valence-electron chi connectivity index (χ2n) is 11.1. The average molecular weight is 535 g/mol. The van der Waals surface area contributed by atoms with E-state index in [9.17, 15) is 0 Å². The highest BCUT2D eigenvalue weighted by Crippen LogP contribution is 2.49. The first-order valence-electron chi connectivity index (χ1n) is 14.3. The molecule has 4 heteroatoms. The van der Waals surface area contributed by atoms with Crippen LogP contribution < -0.4 is 0 Å². The third-order valence-electron chi connectivity index (χ3n) is 8.90. The molecule has 42 heavy (non-hydrogen) atoms. The number of nitrogens with zero attached hydrogens (tertiary/aromatic N) is 4. The standard InChI is InChI=1S/C38H22N4/c1-2-12-25(13-3-1)42-39-37-26-14-5-4-10-24(26)22-33(38(37)40-42)41-31-19-9-18-30-28-16-7-6-15-27(28)29-17-8-11-23-20-21-32(41)36(34(23)29)35(30)31/h1-22H. The molecule has 10 rings (SSSR count). The van der Waals surface area contributed by atoms with Crippen LogP contribution >= 0.6 is 0 Å². The van der Waals surface area contributed by atoms with Gasteiger partial charge in [-0.3, -0.25) is 0 Å². The fourth-order valence-electron chi connectivity index (χ4n) is 7.15. The van der Waals surface area contributed by atoms with Crippen LogP contribution in [0.5, 0.6) is 0 Å². The molecule has 9 aromatic rings. The molecule has 0 radical (unpaired) electrons. The first-order valence-corrected chi connectivity index (χ1v) is 14.3. The van der Waals surface area contributed by atoms with Crippen LogP contribution in [0.2, 0.25) is 0 Å². The van der Waals surface area contributed by atoms with E-state index in [1.54, 1.807) is 4.80 Å². The molecule has 7 aromatic carbocycles. The third-order valence-corrected chi connectivity index (χ3v) is 8.90. The molecular weight excluding hydrogens is 512 g/mol. The zero-order valence-electron chi connectivity index (χ0n) is 22.5. The Labute approximate surface area is 240 Å². The molecule has 2 aromatic heterocycles. The summed E-state index contributed by atoms with van der Waals surface area (Å²) in [5.41, 5.74) is 11.2. The molecule has 2 heterocycles. The number of aromatic nitrogens is 4. The minimum atomic E-state index is 0.882. The van der Waals surface area contributed by atoms with Crippen molar-refractivity contribution in [2.24, 2.45) is 0 Å². The molecule has 1 aliphatic carbocycles. The van der Waals surface area contributed by atoms with Crippen LogP contribution in [0.25, 0.3) is 88.0 Å². The Kier molecular flexibility index (Phi) is 4.15. The summed E-state index contributed by atoms with van der Waals surface area (Å²) in [4.78, 5) is 1.77. The van der Waals surface area contributed by atoms with Gasteiger partial charge in [0.25, 0.3) is 0 Å². The normalized spacial score (nSPS) is 12.3. The quantitative estimate of drug-likeness (QED) is 0.221. The predicted octanol–water partition coefficient (Wildman–Crippen LogP) is 9.47. The number of hydrogen-bond acceptors (Lipinski definition) is 2. The molecule has 0 saturated heterocycles. The Morgan fingerprint density at radius 2 is 1.07 bits per heavy atom. The smallest absolute Gasteiger partial charge is 0.138 e. The number of benzene rings is 7. The number of fused-ring (bicyclic) bond motifs is 6. The Balaban J connectivity index is 1.42. The lowest BCUT2D eigenvalue weighted by atomic mass is 9.93. The molecule has 0 bridgehead atoms. The van der Waals surface area contributed by atoms with Gasteiger partial charge in [-0.25, -0.2) is 0 Å². The van der Waals surface area contributed by atoms with Crippen molar-refractivity contribution < 1.29 is 0 Å². The summed E-state index contributed by atoms with van der Waals surface area (Å²) in [7, 11) is 0. The molecule has 0 unspecified atom stereocenters. The minimum Gasteiger partial charge on any atom is -0.307 e. The highest BCUT2D eigenvalue weighted by atomic mass is 15.5. The van der Waals surface area contributed by atoms with Gasteiger partial charge in [-0.2, -0.15) is 4.80 Å². The van der Waals surface area contributed by atoms with Crippen molar-refractivity contribution in [3.63, 3.8) is 0 Å². The highest BCUT2D eigenvalue weighted by Gasteiger charge is 2.26. The first-order chi connectivity index (χ1) is 20.8. The molecule has 1 aliphatic rings. The van der Waals surface area contributed by atoms with E-state index in [2.05, 4.69) is 108 Å². The first kappa shape index (κ1) is 22.0. The Bertz CT molecular complexity index is 2570. The minimum absolute atomic E-state index is 0.882. The molecule has 0 saturated carbocycles. The molecule has 0 spiro atoms. The molecule has 0 atom stereocenters. The Hall–Kier alpha value is -5.74. The molecule has 0 aliphatic heterocycles. The van der Waals surface area contributed by atoms with Gasteiger partial charge in [0.2, 0.25) is 0 Å². The van der Waals surface area contributed by atoms with E-state index in [1.807, 2.05) is 30.3 Å². The van der Waals surface area contributed by atoms with E-state index in [4.69, 9.17) is 10.2 Å². The zero-order valence-corrected chi connectivity index (χ0v) is 22.5. The summed E-state index contributed by atoms with van der Waals surface area (Å²) in [5.74, 6) is 0. The van der Waals surface area contributed by atoms with Crippen LogP contribution in [0.15, 0.2) is 133 Å². The van der Waals surface area contributed by atoms with Gasteiger partial charge < -0.3 is 4.57 Å². The van der Waals surface area contributed by atoms with E-state index < -0.39 is 0 Å². The van der Waals surface area contributed by atoms with Crippen LogP contribution in [-0.2, 0) is 0 Å². The average Bonchev–Trinajstić information content (AvgIpc) is 3.62. The van der Waals surface area contributed by atoms with Gasteiger partial charge in [-0.1, -0.05) is 103 Å². The summed E-state index contributed by atoms with van der Waals surface area (Å²) in [5, 5.41) is 17.6. The second-order valence-corrected chi connectivity index (χ2v) is 11.1. The Morgan fingerprint density at radius 1 is 0.429 bits per heavy atom. The van der Waals surface area contributed by atoms with E-state index in [-0.39, 0.29) is 0 Å². The molecule has 0 N–H and O–H groups in total. The monoisotopic (exact) mass is 534 g/mol. The number of rotatable bonds is 2. The van der Waals surface area contributed by atoms with Crippen LogP contribution in [0.1, 0.15) is 0 Å². The molecule has 0 fully saturated rings. The van der Waals surface area contributed by atoms with Crippen molar-refractivity contribution in [1.29, 1.82) is 0 Å². The maximum atomic E-state index is 5.14. The van der Waals surface area contributed by atoms with E-state index >= 15 is 0 Å². The lowest BCUT2D eigenvalue weighted by Gasteiger charge is -2.14. The zero-order chi connectivity index (χ0) is 27.4. The van der Waals surface area contributed by atoms with Crippen molar-refractivity contribution in [2.75, 3.05) is 0 Å². The van der Waals surface area contributed by atoms with E-state index in [0.29, 0.717) is 0 Å². The van der Waals surface area contributed by atoms with Crippen LogP contribution in [0, 0.1) is 0 Å². The van der Waals surface area contributed by atoms with Crippen molar-refractivity contribution in [2.45, 2.75) is 0 Å². The van der Waals surface area contributed by atoms with Crippen LogP contribution in [0.3, 0.4) is 0 Å². The van der Waals surface area contributed by atoms with E-state index in [1.165, 1.54) is 54.8 Å². The maximum Gasteiger partial charge on any atom is 0.138 e. The summed E-state index contributed by atoms with van der Waals surface area (Å²) in [6.07, 6.45) is 0. The molecule has 0 amide bonds. The lowest BCUT2D eigenvalue weighted by Crippen LogP contribution is -1.99. The topological polar surface area (TPSA) is 35.6 Å². The van der Waals surface area contributed by atoms with Crippen molar-refractivity contribution >= 4 is 54.4 Å². The van der Waals surface area contributed by atoms with Gasteiger partial charge in [0.1, 0.15) is 11.0 Å².